The smallest absolute Gasteiger partial charge is 0.408 e. The summed E-state index contributed by atoms with van der Waals surface area (Å²) in [6.07, 6.45) is 1.39. The van der Waals surface area contributed by atoms with Crippen LogP contribution in [0.5, 0.6) is 0 Å². The summed E-state index contributed by atoms with van der Waals surface area (Å²) in [5.41, 5.74) is 12.6. The van der Waals surface area contributed by atoms with Crippen molar-refractivity contribution in [1.29, 1.82) is 0 Å². The zero-order valence-electron chi connectivity index (χ0n) is 14.2. The lowest BCUT2D eigenvalue weighted by Crippen LogP contribution is -2.40. The lowest BCUT2D eigenvalue weighted by molar-refractivity contribution is 0.139. The molecule has 13 heteroatoms. The molecule has 0 aliphatic rings. The van der Waals surface area contributed by atoms with E-state index in [1.807, 2.05) is 12.1 Å². The van der Waals surface area contributed by atoms with Crippen LogP contribution in [0.2, 0.25) is 0 Å². The molecule has 0 aromatic carbocycles. The van der Waals surface area contributed by atoms with E-state index in [0.29, 0.717) is 6.42 Å². The van der Waals surface area contributed by atoms with E-state index in [1.54, 1.807) is 12.3 Å². The predicted molar refractivity (Wildman–Crippen MR) is 106 cm³/mol. The molecule has 3 aromatic rings. The number of amides is 1. The normalized spacial score (nSPS) is 12.7. The van der Waals surface area contributed by atoms with Gasteiger partial charge in [0.05, 0.1) is 12.9 Å². The van der Waals surface area contributed by atoms with E-state index in [-0.39, 0.29) is 29.5 Å². The van der Waals surface area contributed by atoms with Gasteiger partial charge in [-0.1, -0.05) is 40.9 Å². The van der Waals surface area contributed by atoms with Crippen LogP contribution in [-0.2, 0) is 11.2 Å². The van der Waals surface area contributed by atoms with E-state index in [9.17, 15) is 4.79 Å². The minimum Gasteiger partial charge on any atom is -0.449 e. The van der Waals surface area contributed by atoms with E-state index in [4.69, 9.17) is 51.0 Å². The van der Waals surface area contributed by atoms with E-state index in [2.05, 4.69) is 25.3 Å². The van der Waals surface area contributed by atoms with Crippen LogP contribution in [0.15, 0.2) is 30.7 Å². The Labute approximate surface area is 174 Å². The second-order valence-corrected chi connectivity index (χ2v) is 7.96. The number of imidazole rings is 1. The summed E-state index contributed by atoms with van der Waals surface area (Å²) < 4.78 is 4.51. The van der Waals surface area contributed by atoms with Crippen molar-refractivity contribution in [2.45, 2.75) is 16.4 Å². The lowest BCUT2D eigenvalue weighted by Gasteiger charge is -2.26. The molecule has 3 rings (SSSR count). The molecule has 10 nitrogen and oxygen atoms in total. The van der Waals surface area contributed by atoms with Crippen LogP contribution in [-0.4, -0.2) is 41.0 Å². The number of anilines is 2. The number of hydrogen-bond acceptors (Lipinski definition) is 8. The highest BCUT2D eigenvalue weighted by molar-refractivity contribution is 6.68. The number of pyridine rings is 1. The third-order valence-corrected chi connectivity index (χ3v) is 4.25. The number of carbonyl (C=O) groups is 1. The maximum Gasteiger partial charge on any atom is 0.408 e. The number of nitrogens with one attached hydrogen (secondary N) is 1. The first-order valence-electron chi connectivity index (χ1n) is 7.91. The molecule has 0 aliphatic carbocycles. The van der Waals surface area contributed by atoms with Crippen molar-refractivity contribution in [2.75, 3.05) is 18.1 Å². The zero-order valence-corrected chi connectivity index (χ0v) is 16.5. The Bertz CT molecular complexity index is 977. The molecule has 3 aromatic heterocycles. The Morgan fingerprint density at radius 2 is 2.04 bits per heavy atom. The Balaban J connectivity index is 1.75. The quantitative estimate of drug-likeness (QED) is 0.506. The Morgan fingerprint density at radius 1 is 1.25 bits per heavy atom. The number of aromatic nitrogens is 5. The number of nitrogens with two attached hydrogens (primary N) is 2. The highest BCUT2D eigenvalue weighted by Crippen LogP contribution is 2.38. The second-order valence-electron chi connectivity index (χ2n) is 5.59. The molecule has 0 saturated carbocycles. The molecular weight excluding hydrogens is 431 g/mol. The summed E-state index contributed by atoms with van der Waals surface area (Å²) in [6, 6.07) is 5.45. The Kier molecular flexibility index (Phi) is 5.92. The van der Waals surface area contributed by atoms with Gasteiger partial charge in [0.25, 0.3) is 0 Å². The molecule has 0 spiro atoms. The van der Waals surface area contributed by atoms with Crippen molar-refractivity contribution >= 4 is 63.8 Å². The third kappa shape index (κ3) is 4.64. The van der Waals surface area contributed by atoms with Crippen molar-refractivity contribution < 1.29 is 9.53 Å². The third-order valence-electron chi connectivity index (χ3n) is 3.63. The maximum absolute atomic E-state index is 12.2. The summed E-state index contributed by atoms with van der Waals surface area (Å²) >= 11 is 18.1. The first kappa shape index (κ1) is 20.2. The largest absolute Gasteiger partial charge is 0.449 e. The Morgan fingerprint density at radius 3 is 2.71 bits per heavy atom. The van der Waals surface area contributed by atoms with Gasteiger partial charge in [-0.15, -0.1) is 0 Å². The highest BCUT2D eigenvalue weighted by atomic mass is 35.6. The van der Waals surface area contributed by atoms with Crippen LogP contribution in [0.3, 0.4) is 0 Å². The van der Waals surface area contributed by atoms with Gasteiger partial charge in [0.2, 0.25) is 9.74 Å². The van der Waals surface area contributed by atoms with Crippen LogP contribution < -0.4 is 16.8 Å². The van der Waals surface area contributed by atoms with Crippen LogP contribution in [0.1, 0.15) is 11.9 Å². The standard InChI is InChI=1S/C15H15Cl3N8O2/c16-15(17,18)12(25-14(27)28-6-4-8-3-1-2-5-21-8)26-7-22-9-10(19)23-13(20)24-11(9)26/h1-3,5,7,12H,4,6H2,(H,25,27)(H4,19,20,23,24). The number of ether oxygens (including phenoxy) is 1. The molecular formula is C15H15Cl3N8O2. The van der Waals surface area contributed by atoms with Crippen LogP contribution in [0, 0.1) is 0 Å². The van der Waals surface area contributed by atoms with Crippen molar-refractivity contribution in [1.82, 2.24) is 29.8 Å². The number of carbonyl (C=O) groups excluding carboxylic acids is 1. The molecule has 1 unspecified atom stereocenters. The van der Waals surface area contributed by atoms with Gasteiger partial charge in [-0.3, -0.25) is 14.9 Å². The maximum atomic E-state index is 12.2. The van der Waals surface area contributed by atoms with Gasteiger partial charge < -0.3 is 16.2 Å². The van der Waals surface area contributed by atoms with Crippen LogP contribution >= 0.6 is 34.8 Å². The number of hydrogen-bond donors (Lipinski definition) is 3. The van der Waals surface area contributed by atoms with E-state index < -0.39 is 16.1 Å². The number of nitrogen functional groups attached to an aromatic ring is 2. The summed E-state index contributed by atoms with van der Waals surface area (Å²) in [5, 5.41) is 2.48. The van der Waals surface area contributed by atoms with Crippen molar-refractivity contribution in [3.05, 3.63) is 36.4 Å². The summed E-state index contributed by atoms with van der Waals surface area (Å²) in [7, 11) is 0. The molecule has 28 heavy (non-hydrogen) atoms. The molecule has 0 bridgehead atoms. The van der Waals surface area contributed by atoms with Gasteiger partial charge >= 0.3 is 6.09 Å². The SMILES string of the molecule is Nc1nc(N)c2ncn(C(NC(=O)OCCc3ccccn3)C(Cl)(Cl)Cl)c2n1. The van der Waals surface area contributed by atoms with Crippen molar-refractivity contribution in [3.8, 4) is 0 Å². The van der Waals surface area contributed by atoms with Gasteiger partial charge in [-0.25, -0.2) is 9.78 Å². The van der Waals surface area contributed by atoms with E-state index in [1.165, 1.54) is 10.9 Å². The molecule has 3 heterocycles. The average Bonchev–Trinajstić information content (AvgIpc) is 3.03. The van der Waals surface area contributed by atoms with Gasteiger partial charge in [-0.2, -0.15) is 9.97 Å². The van der Waals surface area contributed by atoms with Gasteiger partial charge in [0.15, 0.2) is 17.6 Å². The number of halogens is 3. The lowest BCUT2D eigenvalue weighted by atomic mass is 10.3. The first-order chi connectivity index (χ1) is 13.3. The number of alkyl halides is 3. The fraction of sp³-hybridized carbons (Fsp3) is 0.267. The molecule has 148 valence electrons. The van der Waals surface area contributed by atoms with Gasteiger partial charge in [0.1, 0.15) is 5.52 Å². The molecule has 0 radical (unpaired) electrons. The van der Waals surface area contributed by atoms with Gasteiger partial charge in [0, 0.05) is 18.3 Å². The van der Waals surface area contributed by atoms with Crippen molar-refractivity contribution in [2.24, 2.45) is 0 Å². The zero-order chi connectivity index (χ0) is 20.3. The first-order valence-corrected chi connectivity index (χ1v) is 9.04. The molecule has 1 amide bonds. The fourth-order valence-corrected chi connectivity index (χ4v) is 2.88. The molecule has 0 saturated heterocycles. The number of rotatable bonds is 5. The number of alkyl carbamates (subject to hydrolysis) is 1. The highest BCUT2D eigenvalue weighted by Gasteiger charge is 2.37. The topological polar surface area (TPSA) is 147 Å². The number of nitrogens with zero attached hydrogens (tertiary/aromatic N) is 5. The monoisotopic (exact) mass is 444 g/mol. The average molecular weight is 446 g/mol. The molecule has 5 N–H and O–H groups in total. The van der Waals surface area contributed by atoms with Crippen LogP contribution in [0.4, 0.5) is 16.6 Å². The van der Waals surface area contributed by atoms with Crippen molar-refractivity contribution in [3.63, 3.8) is 0 Å². The fourth-order valence-electron chi connectivity index (χ4n) is 2.40. The minimum absolute atomic E-state index is 0.0576. The summed E-state index contributed by atoms with van der Waals surface area (Å²) in [6.45, 7) is 0.0855. The summed E-state index contributed by atoms with van der Waals surface area (Å²) in [5.74, 6) is -0.0324. The minimum atomic E-state index is -1.96. The van der Waals surface area contributed by atoms with E-state index in [0.717, 1.165) is 5.69 Å². The number of fused-ring (bicyclic) bond motifs is 1. The molecule has 1 atom stereocenters. The molecule has 0 fully saturated rings. The summed E-state index contributed by atoms with van der Waals surface area (Å²) in [4.78, 5) is 28.3. The second kappa shape index (κ2) is 8.21. The van der Waals surface area contributed by atoms with Crippen LogP contribution in [0.25, 0.3) is 11.2 Å². The van der Waals surface area contributed by atoms with Gasteiger partial charge in [-0.05, 0) is 12.1 Å². The van der Waals surface area contributed by atoms with E-state index >= 15 is 0 Å². The Hall–Kier alpha value is -2.56. The predicted octanol–water partition coefficient (Wildman–Crippen LogP) is 2.22. The molecule has 0 aliphatic heterocycles.